The van der Waals surface area contributed by atoms with Crippen LogP contribution >= 0.6 is 0 Å². The maximum Gasteiger partial charge on any atom is 0.309 e. The molecule has 26 heteroatoms. The van der Waals surface area contributed by atoms with E-state index in [4.69, 9.17) is 114 Å². The van der Waals surface area contributed by atoms with Gasteiger partial charge in [0.15, 0.2) is 0 Å². The molecule has 0 atom stereocenters. The Morgan fingerprint density at radius 3 is 0.620 bits per heavy atom. The van der Waals surface area contributed by atoms with Crippen LogP contribution in [0.1, 0.15) is 128 Å². The summed E-state index contributed by atoms with van der Waals surface area (Å²) in [5.41, 5.74) is 4.34. The molecule has 5 aromatic rings. The maximum absolute atomic E-state index is 12.5. The van der Waals surface area contributed by atoms with Gasteiger partial charge >= 0.3 is 11.9 Å². The second kappa shape index (κ2) is 67.0. The SMILES string of the molecule is C1CCCC1.COCCOCCOCCOc1cc(C#Cc2cc(OCCOCCOCCOC(=O)C3CCCC3)c(C#Cc3cc(OCCOCCOCCOC)c(C#Cc4ccccc4)cc3OCCOCCOCCOC)cc2OCCOCCOCCOC(=O)C2CCCC2)c(OCCOCCOCCOC)cc1C#Cc1ccccc1. The van der Waals surface area contributed by atoms with E-state index >= 15 is 0 Å². The van der Waals surface area contributed by atoms with Crippen molar-refractivity contribution in [3.63, 3.8) is 0 Å². The summed E-state index contributed by atoms with van der Waals surface area (Å²) >= 11 is 0. The molecule has 0 heterocycles. The van der Waals surface area contributed by atoms with Crippen LogP contribution in [0.15, 0.2) is 97.1 Å². The second-order valence-corrected chi connectivity index (χ2v) is 27.7. The molecule has 0 amide bonds. The molecular formula is C95H128O26. The predicted molar refractivity (Wildman–Crippen MR) is 455 cm³/mol. The van der Waals surface area contributed by atoms with Crippen LogP contribution in [0, 0.1) is 59.2 Å². The number of carbonyl (C=O) groups is 2. The molecule has 3 aliphatic rings. The zero-order chi connectivity index (χ0) is 85.0. The topological polar surface area (TPSA) is 256 Å². The highest BCUT2D eigenvalue weighted by atomic mass is 16.6. The van der Waals surface area contributed by atoms with Crippen molar-refractivity contribution < 1.29 is 123 Å². The summed E-state index contributed by atoms with van der Waals surface area (Å²) in [5.74, 6) is 28.7. The lowest BCUT2D eigenvalue weighted by Gasteiger charge is -2.15. The molecule has 3 fully saturated rings. The summed E-state index contributed by atoms with van der Waals surface area (Å²) in [6.07, 6.45) is 15.1. The Kier molecular flexibility index (Phi) is 55.1. The van der Waals surface area contributed by atoms with Gasteiger partial charge in [-0.15, -0.1) is 0 Å². The Bertz CT molecular complexity index is 3580. The molecule has 0 spiro atoms. The first-order valence-electron chi connectivity index (χ1n) is 42.6. The van der Waals surface area contributed by atoms with Gasteiger partial charge in [-0.3, -0.25) is 9.59 Å². The lowest BCUT2D eigenvalue weighted by molar-refractivity contribution is -0.150. The van der Waals surface area contributed by atoms with Gasteiger partial charge in [0, 0.05) is 76.0 Å². The lowest BCUT2D eigenvalue weighted by Crippen LogP contribution is -2.18. The van der Waals surface area contributed by atoms with Crippen molar-refractivity contribution in [3.05, 3.63) is 142 Å². The number of esters is 2. The normalized spacial score (nSPS) is 13.0. The van der Waals surface area contributed by atoms with E-state index in [-0.39, 0.29) is 156 Å². The third kappa shape index (κ3) is 44.9. The highest BCUT2D eigenvalue weighted by Gasteiger charge is 2.25. The van der Waals surface area contributed by atoms with Crippen LogP contribution in [0.4, 0.5) is 0 Å². The van der Waals surface area contributed by atoms with Crippen molar-refractivity contribution in [3.8, 4) is 81.9 Å². The maximum atomic E-state index is 12.5. The first-order chi connectivity index (χ1) is 59.8. The minimum absolute atomic E-state index is 0.0384. The van der Waals surface area contributed by atoms with E-state index in [1.54, 1.807) is 64.8 Å². The van der Waals surface area contributed by atoms with Crippen molar-refractivity contribution in [2.24, 2.45) is 11.8 Å². The van der Waals surface area contributed by atoms with Crippen LogP contribution in [-0.4, -0.2) is 278 Å². The van der Waals surface area contributed by atoms with Gasteiger partial charge in [0.05, 0.1) is 230 Å². The van der Waals surface area contributed by atoms with E-state index in [1.807, 2.05) is 60.7 Å². The van der Waals surface area contributed by atoms with Crippen molar-refractivity contribution >= 4 is 11.9 Å². The molecule has 26 nitrogen and oxygen atoms in total. The molecule has 5 aromatic carbocycles. The van der Waals surface area contributed by atoms with Crippen LogP contribution < -0.4 is 28.4 Å². The van der Waals surface area contributed by atoms with Crippen LogP contribution in [0.5, 0.6) is 34.5 Å². The average molecular weight is 1690 g/mol. The number of carbonyl (C=O) groups excluding carboxylic acids is 2. The van der Waals surface area contributed by atoms with E-state index in [0.29, 0.717) is 174 Å². The van der Waals surface area contributed by atoms with Crippen LogP contribution in [0.2, 0.25) is 0 Å². The van der Waals surface area contributed by atoms with Gasteiger partial charge in [-0.1, -0.05) is 142 Å². The molecule has 0 aromatic heterocycles. The van der Waals surface area contributed by atoms with Crippen LogP contribution in [0.3, 0.4) is 0 Å². The number of rotatable bonds is 62. The standard InChI is InChI=1S/C90H118O26.C5H10/c1-93-31-35-97-39-43-101-51-59-109-83-69-79(85(111-61-53-103-45-41-99-37-33-95-3)67-77(83)25-23-73-15-7-5-8-16-73)27-29-81-71-88(114-64-56-106-48-50-108-58-66-116-90(92)76-21-13-14-22-76)82(72-87(81)113-63-55-105-47-49-107-57-65-115-89(91)75-19-11-12-20-75)30-28-80-70-84(110-60-52-102-44-40-98-36-32-94-2)78(26-24-74-17-9-6-10-18-74)68-86(80)112-62-54-104-46-42-100-38-34-96-4;1-2-4-5-3-1/h5-10,15-18,67-72,75-76H,11-14,19-22,31-66H2,1-4H3;1-5H2. The Hall–Kier alpha value is -8.56. The molecule has 3 aliphatic carbocycles. The fourth-order valence-electron chi connectivity index (χ4n) is 12.2. The minimum atomic E-state index is -0.170. The second-order valence-electron chi connectivity index (χ2n) is 27.7. The zero-order valence-corrected chi connectivity index (χ0v) is 71.7. The quantitative estimate of drug-likeness (QED) is 0.0199. The number of benzene rings is 5. The molecule has 0 N–H and O–H groups in total. The molecular weight excluding hydrogens is 1560 g/mol. The third-order valence-electron chi connectivity index (χ3n) is 18.6. The zero-order valence-electron chi connectivity index (χ0n) is 71.7. The van der Waals surface area contributed by atoms with Crippen LogP contribution in [0.25, 0.3) is 0 Å². The summed E-state index contributed by atoms with van der Waals surface area (Å²) in [5, 5.41) is 0. The molecule has 121 heavy (non-hydrogen) atoms. The van der Waals surface area contributed by atoms with Crippen molar-refractivity contribution in [2.75, 3.05) is 266 Å². The Morgan fingerprint density at radius 2 is 0.413 bits per heavy atom. The molecule has 0 aliphatic heterocycles. The summed E-state index contributed by atoms with van der Waals surface area (Å²) in [6, 6.07) is 30.0. The molecule has 0 bridgehead atoms. The largest absolute Gasteiger partial charge is 0.490 e. The summed E-state index contributed by atoms with van der Waals surface area (Å²) in [4.78, 5) is 25.1. The van der Waals surface area contributed by atoms with Crippen LogP contribution in [-0.2, 0) is 94.9 Å². The van der Waals surface area contributed by atoms with Gasteiger partial charge in [-0.25, -0.2) is 0 Å². The molecule has 0 unspecified atom stereocenters. The fourth-order valence-corrected chi connectivity index (χ4v) is 12.2. The van der Waals surface area contributed by atoms with Gasteiger partial charge in [-0.05, 0) is 49.9 Å². The summed E-state index contributed by atoms with van der Waals surface area (Å²) < 4.78 is 141. The summed E-state index contributed by atoms with van der Waals surface area (Å²) in [7, 11) is 6.49. The van der Waals surface area contributed by atoms with Gasteiger partial charge in [0.25, 0.3) is 0 Å². The average Bonchev–Trinajstić information content (AvgIpc) is 1.55. The Balaban J connectivity index is 0.00000388. The van der Waals surface area contributed by atoms with Crippen molar-refractivity contribution in [1.82, 2.24) is 0 Å². The van der Waals surface area contributed by atoms with Crippen molar-refractivity contribution in [1.29, 1.82) is 0 Å². The third-order valence-corrected chi connectivity index (χ3v) is 18.6. The highest BCUT2D eigenvalue weighted by Crippen LogP contribution is 2.34. The molecule has 0 radical (unpaired) electrons. The highest BCUT2D eigenvalue weighted by molar-refractivity contribution is 5.73. The first-order valence-corrected chi connectivity index (χ1v) is 42.6. The Morgan fingerprint density at radius 1 is 0.231 bits per heavy atom. The van der Waals surface area contributed by atoms with E-state index in [9.17, 15) is 9.59 Å². The lowest BCUT2D eigenvalue weighted by atomic mass is 10.0. The van der Waals surface area contributed by atoms with Gasteiger partial charge in [-0.2, -0.15) is 0 Å². The van der Waals surface area contributed by atoms with Crippen molar-refractivity contribution in [2.45, 2.75) is 83.5 Å². The minimum Gasteiger partial charge on any atom is -0.490 e. The molecule has 0 saturated heterocycles. The first kappa shape index (κ1) is 99.5. The number of ether oxygens (including phenoxy) is 24. The summed E-state index contributed by atoms with van der Waals surface area (Å²) in [6.45, 7) is 10.3. The fraction of sp³-hybridized carbons (Fsp3) is 0.579. The monoisotopic (exact) mass is 1680 g/mol. The number of hydrogen-bond donors (Lipinski definition) is 0. The number of methoxy groups -OCH3 is 4. The van der Waals surface area contributed by atoms with E-state index in [0.717, 1.165) is 62.5 Å². The van der Waals surface area contributed by atoms with E-state index in [2.05, 4.69) is 47.4 Å². The van der Waals surface area contributed by atoms with E-state index in [1.165, 1.54) is 32.1 Å². The predicted octanol–water partition coefficient (Wildman–Crippen LogP) is 11.8. The van der Waals surface area contributed by atoms with Gasteiger partial charge in [0.2, 0.25) is 0 Å². The number of hydrogen-bond acceptors (Lipinski definition) is 26. The van der Waals surface area contributed by atoms with Gasteiger partial charge in [0.1, 0.15) is 87.4 Å². The van der Waals surface area contributed by atoms with Gasteiger partial charge < -0.3 is 114 Å². The van der Waals surface area contributed by atoms with E-state index < -0.39 is 0 Å². The Labute approximate surface area is 716 Å². The molecule has 8 rings (SSSR count). The molecule has 664 valence electrons. The molecule has 3 saturated carbocycles. The smallest absolute Gasteiger partial charge is 0.309 e.